The van der Waals surface area contributed by atoms with Crippen LogP contribution in [0.3, 0.4) is 0 Å². The van der Waals surface area contributed by atoms with Gasteiger partial charge in [-0.1, -0.05) is 35.9 Å². The van der Waals surface area contributed by atoms with E-state index in [2.05, 4.69) is 28.4 Å². The normalized spacial score (nSPS) is 16.5. The van der Waals surface area contributed by atoms with Crippen molar-refractivity contribution >= 4 is 16.8 Å². The van der Waals surface area contributed by atoms with Crippen LogP contribution in [0.2, 0.25) is 0 Å². The van der Waals surface area contributed by atoms with E-state index in [1.165, 1.54) is 11.1 Å². The molecule has 1 N–H and O–H groups in total. The second-order valence-corrected chi connectivity index (χ2v) is 6.29. The number of nitrogens with one attached hydrogen (secondary N) is 1. The number of aromatic nitrogens is 2. The SMILES string of the molecule is Cc1ccc2[nH]nc(C(=O)N(C)C3CCc4ccccc43)c2c1. The first-order valence-electron chi connectivity index (χ1n) is 7.95. The molecule has 0 spiro atoms. The van der Waals surface area contributed by atoms with Crippen molar-refractivity contribution in [2.24, 2.45) is 0 Å². The molecule has 0 saturated carbocycles. The summed E-state index contributed by atoms with van der Waals surface area (Å²) in [6, 6.07) is 14.5. The fraction of sp³-hybridized carbons (Fsp3) is 0.263. The van der Waals surface area contributed by atoms with Gasteiger partial charge in [-0.15, -0.1) is 0 Å². The summed E-state index contributed by atoms with van der Waals surface area (Å²) in [6.45, 7) is 2.03. The number of amides is 1. The van der Waals surface area contributed by atoms with Crippen LogP contribution in [0.1, 0.15) is 39.6 Å². The fourth-order valence-electron chi connectivity index (χ4n) is 3.54. The van der Waals surface area contributed by atoms with Gasteiger partial charge in [-0.25, -0.2) is 0 Å². The Morgan fingerprint density at radius 2 is 2.09 bits per heavy atom. The summed E-state index contributed by atoms with van der Waals surface area (Å²) in [5, 5.41) is 8.13. The van der Waals surface area contributed by atoms with Gasteiger partial charge in [0.15, 0.2) is 5.69 Å². The van der Waals surface area contributed by atoms with Gasteiger partial charge < -0.3 is 4.90 Å². The summed E-state index contributed by atoms with van der Waals surface area (Å²) < 4.78 is 0. The second-order valence-electron chi connectivity index (χ2n) is 6.29. The lowest BCUT2D eigenvalue weighted by atomic mass is 10.1. The number of H-pyrrole nitrogens is 1. The molecule has 1 unspecified atom stereocenters. The van der Waals surface area contributed by atoms with Crippen LogP contribution < -0.4 is 0 Å². The monoisotopic (exact) mass is 305 g/mol. The molecule has 2 aromatic carbocycles. The van der Waals surface area contributed by atoms with E-state index in [0.717, 1.165) is 29.3 Å². The standard InChI is InChI=1S/C19H19N3O/c1-12-7-9-16-15(11-12)18(21-20-16)19(23)22(2)17-10-8-13-5-3-4-6-14(13)17/h3-7,9,11,17H,8,10H2,1-2H3,(H,20,21). The number of carbonyl (C=O) groups excluding carboxylic acids is 1. The molecule has 0 fully saturated rings. The van der Waals surface area contributed by atoms with Crippen LogP contribution in [0.15, 0.2) is 42.5 Å². The van der Waals surface area contributed by atoms with E-state index in [1.54, 1.807) is 0 Å². The maximum atomic E-state index is 13.0. The zero-order chi connectivity index (χ0) is 16.0. The molecular formula is C19H19N3O. The zero-order valence-corrected chi connectivity index (χ0v) is 13.3. The van der Waals surface area contributed by atoms with Gasteiger partial charge in [0.2, 0.25) is 0 Å². The summed E-state index contributed by atoms with van der Waals surface area (Å²) in [5.74, 6) is -0.0245. The number of aromatic amines is 1. The smallest absolute Gasteiger partial charge is 0.275 e. The van der Waals surface area contributed by atoms with Gasteiger partial charge in [0.05, 0.1) is 11.6 Å². The Balaban J connectivity index is 1.70. The highest BCUT2D eigenvalue weighted by atomic mass is 16.2. The topological polar surface area (TPSA) is 49.0 Å². The Morgan fingerprint density at radius 1 is 1.26 bits per heavy atom. The lowest BCUT2D eigenvalue weighted by Crippen LogP contribution is -2.30. The van der Waals surface area contributed by atoms with Crippen molar-refractivity contribution in [3.8, 4) is 0 Å². The second kappa shape index (κ2) is 5.23. The van der Waals surface area contributed by atoms with Gasteiger partial charge in [0.25, 0.3) is 5.91 Å². The molecule has 1 aliphatic rings. The molecule has 23 heavy (non-hydrogen) atoms. The van der Waals surface area contributed by atoms with E-state index in [4.69, 9.17) is 0 Å². The first-order chi connectivity index (χ1) is 11.1. The first kappa shape index (κ1) is 14.0. The molecule has 3 aromatic rings. The van der Waals surface area contributed by atoms with Crippen molar-refractivity contribution in [3.05, 3.63) is 64.8 Å². The molecule has 0 bridgehead atoms. The van der Waals surface area contributed by atoms with Crippen LogP contribution in [0.5, 0.6) is 0 Å². The Kier molecular flexibility index (Phi) is 3.18. The van der Waals surface area contributed by atoms with Crippen LogP contribution in [0.25, 0.3) is 10.9 Å². The summed E-state index contributed by atoms with van der Waals surface area (Å²) in [5.41, 5.74) is 5.15. The molecule has 4 heteroatoms. The maximum absolute atomic E-state index is 13.0. The van der Waals surface area contributed by atoms with Crippen molar-refractivity contribution in [1.29, 1.82) is 0 Å². The van der Waals surface area contributed by atoms with Gasteiger partial charge in [0.1, 0.15) is 0 Å². The van der Waals surface area contributed by atoms with Crippen LogP contribution in [-0.4, -0.2) is 28.1 Å². The summed E-state index contributed by atoms with van der Waals surface area (Å²) >= 11 is 0. The lowest BCUT2D eigenvalue weighted by molar-refractivity contribution is 0.0726. The Labute approximate surface area is 135 Å². The Bertz CT molecular complexity index is 897. The number of hydrogen-bond donors (Lipinski definition) is 1. The lowest BCUT2D eigenvalue weighted by Gasteiger charge is -2.24. The predicted octanol–water partition coefficient (Wildman–Crippen LogP) is 3.63. The van der Waals surface area contributed by atoms with Crippen LogP contribution in [-0.2, 0) is 6.42 Å². The molecule has 1 aliphatic carbocycles. The van der Waals surface area contributed by atoms with Gasteiger partial charge in [-0.2, -0.15) is 5.10 Å². The highest BCUT2D eigenvalue weighted by Gasteiger charge is 2.30. The molecule has 116 valence electrons. The third-order valence-electron chi connectivity index (χ3n) is 4.81. The molecule has 1 amide bonds. The van der Waals surface area contributed by atoms with Gasteiger partial charge >= 0.3 is 0 Å². The number of aryl methyl sites for hydroxylation is 2. The highest BCUT2D eigenvalue weighted by Crippen LogP contribution is 2.35. The molecule has 1 heterocycles. The minimum absolute atomic E-state index is 0.0245. The summed E-state index contributed by atoms with van der Waals surface area (Å²) in [6.07, 6.45) is 2.00. The minimum atomic E-state index is -0.0245. The summed E-state index contributed by atoms with van der Waals surface area (Å²) in [4.78, 5) is 14.8. The van der Waals surface area contributed by atoms with Crippen LogP contribution >= 0.6 is 0 Å². The largest absolute Gasteiger partial charge is 0.333 e. The van der Waals surface area contributed by atoms with Crippen molar-refractivity contribution in [2.45, 2.75) is 25.8 Å². The predicted molar refractivity (Wildman–Crippen MR) is 90.4 cm³/mol. The minimum Gasteiger partial charge on any atom is -0.333 e. The maximum Gasteiger partial charge on any atom is 0.275 e. The first-order valence-corrected chi connectivity index (χ1v) is 7.95. The zero-order valence-electron chi connectivity index (χ0n) is 13.3. The van der Waals surface area contributed by atoms with E-state index < -0.39 is 0 Å². The Hall–Kier alpha value is -2.62. The molecule has 0 aliphatic heterocycles. The number of carbonyl (C=O) groups is 1. The highest BCUT2D eigenvalue weighted by molar-refractivity contribution is 6.04. The third-order valence-corrected chi connectivity index (χ3v) is 4.81. The van der Waals surface area contributed by atoms with Crippen molar-refractivity contribution in [1.82, 2.24) is 15.1 Å². The molecule has 0 radical (unpaired) electrons. The third kappa shape index (κ3) is 2.22. The number of nitrogens with zero attached hydrogens (tertiary/aromatic N) is 2. The van der Waals surface area contributed by atoms with Crippen LogP contribution in [0.4, 0.5) is 0 Å². The number of rotatable bonds is 2. The van der Waals surface area contributed by atoms with Gasteiger partial charge in [0, 0.05) is 12.4 Å². The van der Waals surface area contributed by atoms with E-state index in [9.17, 15) is 4.79 Å². The van der Waals surface area contributed by atoms with E-state index in [-0.39, 0.29) is 11.9 Å². The average Bonchev–Trinajstić information content (AvgIpc) is 3.17. The quantitative estimate of drug-likeness (QED) is 0.786. The van der Waals surface area contributed by atoms with E-state index in [1.807, 2.05) is 43.1 Å². The Morgan fingerprint density at radius 3 is 2.96 bits per heavy atom. The number of hydrogen-bond acceptors (Lipinski definition) is 2. The van der Waals surface area contributed by atoms with E-state index >= 15 is 0 Å². The number of benzene rings is 2. The van der Waals surface area contributed by atoms with Crippen molar-refractivity contribution in [2.75, 3.05) is 7.05 Å². The average molecular weight is 305 g/mol. The van der Waals surface area contributed by atoms with Crippen LogP contribution in [0, 0.1) is 6.92 Å². The molecular weight excluding hydrogens is 286 g/mol. The van der Waals surface area contributed by atoms with Crippen molar-refractivity contribution in [3.63, 3.8) is 0 Å². The molecule has 1 atom stereocenters. The summed E-state index contributed by atoms with van der Waals surface area (Å²) in [7, 11) is 1.88. The van der Waals surface area contributed by atoms with Gasteiger partial charge in [-0.3, -0.25) is 9.89 Å². The fourth-order valence-corrected chi connectivity index (χ4v) is 3.54. The number of fused-ring (bicyclic) bond motifs is 2. The molecule has 4 nitrogen and oxygen atoms in total. The van der Waals surface area contributed by atoms with Gasteiger partial charge in [-0.05, 0) is 43.0 Å². The molecule has 4 rings (SSSR count). The molecule has 1 aromatic heterocycles. The van der Waals surface area contributed by atoms with Crippen molar-refractivity contribution < 1.29 is 4.79 Å². The molecule has 0 saturated heterocycles. The van der Waals surface area contributed by atoms with E-state index in [0.29, 0.717) is 5.69 Å².